The summed E-state index contributed by atoms with van der Waals surface area (Å²) in [6.07, 6.45) is 1.67. The largest absolute Gasteiger partial charge is 0.451 e. The Balaban J connectivity index is 1.56. The normalized spacial score (nSPS) is 10.6. The van der Waals surface area contributed by atoms with Gasteiger partial charge in [0.25, 0.3) is 11.5 Å². The molecule has 30 heavy (non-hydrogen) atoms. The molecule has 2 aromatic heterocycles. The quantitative estimate of drug-likeness (QED) is 0.555. The van der Waals surface area contributed by atoms with Gasteiger partial charge in [-0.3, -0.25) is 14.9 Å². The number of hydrogen-bond donors (Lipinski definition) is 1. The molecular formula is C21H22N4O4S. The molecule has 156 valence electrons. The van der Waals surface area contributed by atoms with Crippen molar-refractivity contribution in [1.29, 1.82) is 0 Å². The van der Waals surface area contributed by atoms with Crippen molar-refractivity contribution in [2.24, 2.45) is 0 Å². The van der Waals surface area contributed by atoms with Gasteiger partial charge >= 0.3 is 5.97 Å². The molecule has 2 heterocycles. The van der Waals surface area contributed by atoms with Gasteiger partial charge in [0.2, 0.25) is 0 Å². The molecule has 8 nitrogen and oxygen atoms in total. The lowest BCUT2D eigenvalue weighted by molar-refractivity contribution is -0.119. The number of carbonyl (C=O) groups excluding carboxylic acids is 2. The number of nitrogens with zero attached hydrogens (tertiary/aromatic N) is 3. The summed E-state index contributed by atoms with van der Waals surface area (Å²) in [7, 11) is 0. The van der Waals surface area contributed by atoms with Gasteiger partial charge in [-0.15, -0.1) is 11.3 Å². The highest BCUT2D eigenvalue weighted by Crippen LogP contribution is 2.25. The van der Waals surface area contributed by atoms with Gasteiger partial charge < -0.3 is 4.74 Å². The Bertz CT molecular complexity index is 1090. The van der Waals surface area contributed by atoms with Crippen LogP contribution in [0, 0.1) is 0 Å². The topological polar surface area (TPSA) is 103 Å². The fraction of sp³-hybridized carbons (Fsp3) is 0.286. The molecule has 0 aliphatic heterocycles. The molecule has 0 unspecified atom stereocenters. The lowest BCUT2D eigenvalue weighted by atomic mass is 10.1. The van der Waals surface area contributed by atoms with Gasteiger partial charge in [0.1, 0.15) is 0 Å². The molecule has 3 rings (SSSR count). The highest BCUT2D eigenvalue weighted by atomic mass is 32.1. The minimum absolute atomic E-state index is 0.0251. The van der Waals surface area contributed by atoms with Crippen LogP contribution in [0.25, 0.3) is 11.3 Å². The van der Waals surface area contributed by atoms with Crippen molar-refractivity contribution in [1.82, 2.24) is 14.8 Å². The fourth-order valence-corrected chi connectivity index (χ4v) is 3.40. The molecule has 1 aromatic carbocycles. The number of benzene rings is 1. The van der Waals surface area contributed by atoms with Gasteiger partial charge in [-0.05, 0) is 24.5 Å². The van der Waals surface area contributed by atoms with Crippen LogP contribution in [0.3, 0.4) is 0 Å². The van der Waals surface area contributed by atoms with Crippen LogP contribution in [0.5, 0.6) is 0 Å². The van der Waals surface area contributed by atoms with Gasteiger partial charge in [-0.2, -0.15) is 5.10 Å². The number of esters is 1. The van der Waals surface area contributed by atoms with Crippen molar-refractivity contribution in [3.63, 3.8) is 0 Å². The zero-order chi connectivity index (χ0) is 21.5. The van der Waals surface area contributed by atoms with E-state index in [-0.39, 0.29) is 11.3 Å². The Labute approximate surface area is 177 Å². The maximum absolute atomic E-state index is 12.1. The second kappa shape index (κ2) is 9.93. The maximum atomic E-state index is 12.1. The number of nitrogens with one attached hydrogen (secondary N) is 1. The predicted octanol–water partition coefficient (Wildman–Crippen LogP) is 3.13. The minimum Gasteiger partial charge on any atom is -0.451 e. The zero-order valence-corrected chi connectivity index (χ0v) is 17.6. The van der Waals surface area contributed by atoms with Gasteiger partial charge in [0.05, 0.1) is 5.69 Å². The highest BCUT2D eigenvalue weighted by Gasteiger charge is 2.14. The Morgan fingerprint density at radius 2 is 1.90 bits per heavy atom. The molecule has 0 aliphatic rings. The lowest BCUT2D eigenvalue weighted by Gasteiger charge is -2.06. The van der Waals surface area contributed by atoms with Crippen molar-refractivity contribution in [3.8, 4) is 11.3 Å². The van der Waals surface area contributed by atoms with E-state index in [1.54, 1.807) is 0 Å². The Morgan fingerprint density at radius 1 is 1.13 bits per heavy atom. The van der Waals surface area contributed by atoms with Crippen LogP contribution >= 0.6 is 11.3 Å². The third-order valence-corrected chi connectivity index (χ3v) is 5.01. The summed E-state index contributed by atoms with van der Waals surface area (Å²) in [6, 6.07) is 10.6. The van der Waals surface area contributed by atoms with E-state index < -0.39 is 18.5 Å². The van der Waals surface area contributed by atoms with E-state index in [9.17, 15) is 14.4 Å². The van der Waals surface area contributed by atoms with Crippen LogP contribution in [-0.2, 0) is 22.5 Å². The number of rotatable bonds is 8. The first kappa shape index (κ1) is 21.4. The molecule has 0 bridgehead atoms. The number of anilines is 1. The number of aryl methyl sites for hydroxylation is 2. The van der Waals surface area contributed by atoms with Crippen molar-refractivity contribution in [2.45, 2.75) is 33.2 Å². The summed E-state index contributed by atoms with van der Waals surface area (Å²) in [4.78, 5) is 40.3. The number of thiazole rings is 1. The van der Waals surface area contributed by atoms with Crippen LogP contribution in [0.1, 0.15) is 36.3 Å². The Kier molecular flexibility index (Phi) is 7.08. The number of aromatic nitrogens is 3. The summed E-state index contributed by atoms with van der Waals surface area (Å²) in [5.74, 6) is -1.28. The summed E-state index contributed by atoms with van der Waals surface area (Å²) >= 11 is 1.29. The lowest BCUT2D eigenvalue weighted by Crippen LogP contribution is -2.26. The first-order valence-corrected chi connectivity index (χ1v) is 10.5. The second-order valence-electron chi connectivity index (χ2n) is 6.49. The first-order valence-electron chi connectivity index (χ1n) is 9.60. The monoisotopic (exact) mass is 426 g/mol. The molecule has 0 spiro atoms. The van der Waals surface area contributed by atoms with Gasteiger partial charge in [0.15, 0.2) is 17.4 Å². The number of amides is 1. The third kappa shape index (κ3) is 5.38. The standard InChI is InChI=1S/C21H22N4O4S/c1-3-11-25-19(27)10-9-16(24-25)20(28)29-12-18(26)23-21-22-17(13-30-21)15-7-5-14(4-2)6-8-15/h5-10,13H,3-4,11-12H2,1-2H3,(H,22,23,26). The molecule has 0 radical (unpaired) electrons. The van der Waals surface area contributed by atoms with Crippen molar-refractivity contribution in [3.05, 3.63) is 63.4 Å². The van der Waals surface area contributed by atoms with Crippen LogP contribution in [0.4, 0.5) is 5.13 Å². The van der Waals surface area contributed by atoms with Gasteiger partial charge in [-0.25, -0.2) is 14.5 Å². The fourth-order valence-electron chi connectivity index (χ4n) is 2.67. The van der Waals surface area contributed by atoms with E-state index in [1.807, 2.05) is 36.6 Å². The van der Waals surface area contributed by atoms with Crippen molar-refractivity contribution in [2.75, 3.05) is 11.9 Å². The third-order valence-electron chi connectivity index (χ3n) is 4.25. The minimum atomic E-state index is -0.772. The van der Waals surface area contributed by atoms with Crippen LogP contribution < -0.4 is 10.9 Å². The SMILES string of the molecule is CCCn1nc(C(=O)OCC(=O)Nc2nc(-c3ccc(CC)cc3)cs2)ccc1=O. The predicted molar refractivity (Wildman–Crippen MR) is 115 cm³/mol. The molecule has 1 N–H and O–H groups in total. The summed E-state index contributed by atoms with van der Waals surface area (Å²) < 4.78 is 6.20. The Hall–Kier alpha value is -3.33. The van der Waals surface area contributed by atoms with E-state index in [0.29, 0.717) is 18.1 Å². The molecule has 0 saturated carbocycles. The van der Waals surface area contributed by atoms with Crippen molar-refractivity contribution >= 4 is 28.3 Å². The van der Waals surface area contributed by atoms with E-state index in [0.717, 1.165) is 17.7 Å². The first-order chi connectivity index (χ1) is 14.5. The molecule has 0 fully saturated rings. The molecule has 0 atom stereocenters. The molecule has 0 saturated heterocycles. The van der Waals surface area contributed by atoms with Crippen molar-refractivity contribution < 1.29 is 14.3 Å². The molecule has 3 aromatic rings. The summed E-state index contributed by atoms with van der Waals surface area (Å²) in [5.41, 5.74) is 2.64. The van der Waals surface area contributed by atoms with E-state index in [2.05, 4.69) is 22.3 Å². The molecule has 0 aliphatic carbocycles. The zero-order valence-electron chi connectivity index (χ0n) is 16.8. The Morgan fingerprint density at radius 3 is 2.60 bits per heavy atom. The van der Waals surface area contributed by atoms with Crippen LogP contribution in [-0.4, -0.2) is 33.2 Å². The average Bonchev–Trinajstić information content (AvgIpc) is 3.22. The smallest absolute Gasteiger partial charge is 0.359 e. The molecule has 9 heteroatoms. The summed E-state index contributed by atoms with van der Waals surface area (Å²) in [5, 5.41) is 8.85. The summed E-state index contributed by atoms with van der Waals surface area (Å²) in [6.45, 7) is 3.91. The molecule has 1 amide bonds. The average molecular weight is 426 g/mol. The van der Waals surface area contributed by atoms with E-state index in [1.165, 1.54) is 33.7 Å². The van der Waals surface area contributed by atoms with E-state index in [4.69, 9.17) is 4.74 Å². The van der Waals surface area contributed by atoms with Gasteiger partial charge in [-0.1, -0.05) is 38.1 Å². The highest BCUT2D eigenvalue weighted by molar-refractivity contribution is 7.14. The van der Waals surface area contributed by atoms with E-state index >= 15 is 0 Å². The second-order valence-corrected chi connectivity index (χ2v) is 7.35. The maximum Gasteiger partial charge on any atom is 0.359 e. The number of carbonyl (C=O) groups is 2. The van der Waals surface area contributed by atoms with Gasteiger partial charge in [0, 0.05) is 23.6 Å². The number of ether oxygens (including phenoxy) is 1. The number of hydrogen-bond acceptors (Lipinski definition) is 7. The van der Waals surface area contributed by atoms with Crippen LogP contribution in [0.15, 0.2) is 46.6 Å². The van der Waals surface area contributed by atoms with Crippen LogP contribution in [0.2, 0.25) is 0 Å². The molecular weight excluding hydrogens is 404 g/mol.